The second kappa shape index (κ2) is 6.53. The molecule has 1 aromatic carbocycles. The first kappa shape index (κ1) is 15.5. The van der Waals surface area contributed by atoms with Crippen molar-refractivity contribution in [3.63, 3.8) is 0 Å². The smallest absolute Gasteiger partial charge is 0.240 e. The standard InChI is InChI=1S/C12H19N3O3S/c1-3-14-12(16)6-7-15-19(17,18)10-4-5-11(13)9(2)8-10/h4-5,8,15H,3,6-7,13H2,1-2H3,(H,14,16). The minimum absolute atomic E-state index is 0.0671. The van der Waals surface area contributed by atoms with Gasteiger partial charge in [-0.25, -0.2) is 13.1 Å². The number of sulfonamides is 1. The number of aryl methyl sites for hydroxylation is 1. The monoisotopic (exact) mass is 285 g/mol. The molecule has 0 unspecified atom stereocenters. The summed E-state index contributed by atoms with van der Waals surface area (Å²) in [7, 11) is -3.60. The molecule has 4 N–H and O–H groups in total. The summed E-state index contributed by atoms with van der Waals surface area (Å²) in [6, 6.07) is 4.49. The van der Waals surface area contributed by atoms with Crippen LogP contribution in [0.3, 0.4) is 0 Å². The van der Waals surface area contributed by atoms with Crippen LogP contribution in [0.15, 0.2) is 23.1 Å². The normalized spacial score (nSPS) is 11.3. The van der Waals surface area contributed by atoms with Gasteiger partial charge in [0.05, 0.1) is 4.90 Å². The largest absolute Gasteiger partial charge is 0.399 e. The molecule has 6 nitrogen and oxygen atoms in total. The molecular weight excluding hydrogens is 266 g/mol. The molecule has 0 radical (unpaired) electrons. The topological polar surface area (TPSA) is 101 Å². The van der Waals surface area contributed by atoms with E-state index in [4.69, 9.17) is 5.73 Å². The van der Waals surface area contributed by atoms with E-state index < -0.39 is 10.0 Å². The van der Waals surface area contributed by atoms with Crippen molar-refractivity contribution in [1.29, 1.82) is 0 Å². The zero-order valence-electron chi connectivity index (χ0n) is 11.1. The number of hydrogen-bond acceptors (Lipinski definition) is 4. The summed E-state index contributed by atoms with van der Waals surface area (Å²) >= 11 is 0. The predicted octanol–water partition coefficient (Wildman–Crippen LogP) is 0.382. The van der Waals surface area contributed by atoms with Crippen LogP contribution in [0.2, 0.25) is 0 Å². The van der Waals surface area contributed by atoms with E-state index in [9.17, 15) is 13.2 Å². The van der Waals surface area contributed by atoms with Gasteiger partial charge in [0.1, 0.15) is 0 Å². The van der Waals surface area contributed by atoms with E-state index in [2.05, 4.69) is 10.0 Å². The van der Waals surface area contributed by atoms with Crippen molar-refractivity contribution in [1.82, 2.24) is 10.0 Å². The maximum atomic E-state index is 12.0. The molecule has 1 amide bonds. The zero-order valence-corrected chi connectivity index (χ0v) is 11.9. The molecule has 0 saturated carbocycles. The number of amides is 1. The lowest BCUT2D eigenvalue weighted by atomic mass is 10.2. The molecule has 106 valence electrons. The van der Waals surface area contributed by atoms with Crippen molar-refractivity contribution in [2.75, 3.05) is 18.8 Å². The van der Waals surface area contributed by atoms with Crippen LogP contribution in [0.5, 0.6) is 0 Å². The molecule has 0 saturated heterocycles. The fourth-order valence-electron chi connectivity index (χ4n) is 1.48. The van der Waals surface area contributed by atoms with Gasteiger partial charge < -0.3 is 11.1 Å². The molecule has 0 aliphatic heterocycles. The number of hydrogen-bond donors (Lipinski definition) is 3. The molecule has 0 aromatic heterocycles. The Kier molecular flexibility index (Phi) is 5.31. The van der Waals surface area contributed by atoms with Crippen LogP contribution in [0.1, 0.15) is 18.9 Å². The molecule has 1 aromatic rings. The third-order valence-corrected chi connectivity index (χ3v) is 4.03. The Hall–Kier alpha value is -1.60. The summed E-state index contributed by atoms with van der Waals surface area (Å²) < 4.78 is 26.3. The van der Waals surface area contributed by atoms with Gasteiger partial charge in [0, 0.05) is 25.2 Å². The highest BCUT2D eigenvalue weighted by Crippen LogP contribution is 2.16. The predicted molar refractivity (Wildman–Crippen MR) is 74.1 cm³/mol. The van der Waals surface area contributed by atoms with Gasteiger partial charge >= 0.3 is 0 Å². The summed E-state index contributed by atoms with van der Waals surface area (Å²) in [5.41, 5.74) is 6.88. The van der Waals surface area contributed by atoms with Crippen molar-refractivity contribution in [2.45, 2.75) is 25.2 Å². The van der Waals surface area contributed by atoms with E-state index in [1.165, 1.54) is 12.1 Å². The van der Waals surface area contributed by atoms with Crippen molar-refractivity contribution in [3.8, 4) is 0 Å². The molecule has 0 aliphatic carbocycles. The first-order chi connectivity index (χ1) is 8.86. The molecule has 0 heterocycles. The molecule has 1 rings (SSSR count). The molecule has 7 heteroatoms. The van der Waals surface area contributed by atoms with Crippen LogP contribution in [0, 0.1) is 6.92 Å². The molecule has 0 spiro atoms. The quantitative estimate of drug-likeness (QED) is 0.658. The Morgan fingerprint density at radius 3 is 2.63 bits per heavy atom. The Morgan fingerprint density at radius 1 is 1.37 bits per heavy atom. The van der Waals surface area contributed by atoms with Gasteiger partial charge in [-0.3, -0.25) is 4.79 Å². The summed E-state index contributed by atoms with van der Waals surface area (Å²) in [6.45, 7) is 4.14. The van der Waals surface area contributed by atoms with Crippen molar-refractivity contribution in [2.24, 2.45) is 0 Å². The SMILES string of the molecule is CCNC(=O)CCNS(=O)(=O)c1ccc(N)c(C)c1. The maximum absolute atomic E-state index is 12.0. The van der Waals surface area contributed by atoms with E-state index in [0.29, 0.717) is 17.8 Å². The van der Waals surface area contributed by atoms with Crippen LogP contribution in [-0.4, -0.2) is 27.4 Å². The lowest BCUT2D eigenvalue weighted by molar-refractivity contribution is -0.120. The number of carbonyl (C=O) groups excluding carboxylic acids is 1. The van der Waals surface area contributed by atoms with E-state index in [0.717, 1.165) is 0 Å². The zero-order chi connectivity index (χ0) is 14.5. The third-order valence-electron chi connectivity index (χ3n) is 2.57. The summed E-state index contributed by atoms with van der Waals surface area (Å²) in [5.74, 6) is -0.182. The Bertz CT molecular complexity index is 555. The molecule has 0 aliphatic rings. The van der Waals surface area contributed by atoms with Crippen LogP contribution in [-0.2, 0) is 14.8 Å². The average molecular weight is 285 g/mol. The van der Waals surface area contributed by atoms with Gasteiger partial charge in [-0.2, -0.15) is 0 Å². The van der Waals surface area contributed by atoms with Crippen LogP contribution in [0.25, 0.3) is 0 Å². The van der Waals surface area contributed by atoms with Gasteiger partial charge in [-0.05, 0) is 37.6 Å². The van der Waals surface area contributed by atoms with Gasteiger partial charge in [0.25, 0.3) is 0 Å². The van der Waals surface area contributed by atoms with Gasteiger partial charge in [-0.15, -0.1) is 0 Å². The number of anilines is 1. The highest BCUT2D eigenvalue weighted by Gasteiger charge is 2.14. The molecule has 0 fully saturated rings. The minimum atomic E-state index is -3.60. The molecule has 19 heavy (non-hydrogen) atoms. The van der Waals surface area contributed by atoms with Crippen LogP contribution >= 0.6 is 0 Å². The second-order valence-electron chi connectivity index (χ2n) is 4.12. The number of rotatable bonds is 6. The van der Waals surface area contributed by atoms with Crippen molar-refractivity contribution < 1.29 is 13.2 Å². The number of benzene rings is 1. The summed E-state index contributed by atoms with van der Waals surface area (Å²) in [5, 5.41) is 2.60. The second-order valence-corrected chi connectivity index (χ2v) is 5.89. The minimum Gasteiger partial charge on any atom is -0.399 e. The molecular formula is C12H19N3O3S. The Balaban J connectivity index is 2.66. The summed E-state index contributed by atoms with van der Waals surface area (Å²) in [4.78, 5) is 11.3. The highest BCUT2D eigenvalue weighted by molar-refractivity contribution is 7.89. The van der Waals surface area contributed by atoms with E-state index >= 15 is 0 Å². The number of nitrogens with one attached hydrogen (secondary N) is 2. The van der Waals surface area contributed by atoms with E-state index in [1.807, 2.05) is 0 Å². The fourth-order valence-corrected chi connectivity index (χ4v) is 2.60. The molecule has 0 atom stereocenters. The number of nitrogens with two attached hydrogens (primary N) is 1. The van der Waals surface area contributed by atoms with Crippen molar-refractivity contribution in [3.05, 3.63) is 23.8 Å². The maximum Gasteiger partial charge on any atom is 0.240 e. The van der Waals surface area contributed by atoms with Gasteiger partial charge in [0.15, 0.2) is 0 Å². The number of carbonyl (C=O) groups is 1. The lowest BCUT2D eigenvalue weighted by Gasteiger charge is -2.08. The highest BCUT2D eigenvalue weighted by atomic mass is 32.2. The Morgan fingerprint density at radius 2 is 2.05 bits per heavy atom. The summed E-state index contributed by atoms with van der Waals surface area (Å²) in [6.07, 6.45) is 0.112. The lowest BCUT2D eigenvalue weighted by Crippen LogP contribution is -2.30. The van der Waals surface area contributed by atoms with E-state index in [1.54, 1.807) is 19.9 Å². The van der Waals surface area contributed by atoms with Gasteiger partial charge in [0.2, 0.25) is 15.9 Å². The average Bonchev–Trinajstić information content (AvgIpc) is 2.32. The van der Waals surface area contributed by atoms with Crippen LogP contribution in [0.4, 0.5) is 5.69 Å². The van der Waals surface area contributed by atoms with Crippen molar-refractivity contribution >= 4 is 21.6 Å². The fraction of sp³-hybridized carbons (Fsp3) is 0.417. The molecule has 0 bridgehead atoms. The Labute approximate surface area is 113 Å². The van der Waals surface area contributed by atoms with E-state index in [-0.39, 0.29) is 23.8 Å². The first-order valence-electron chi connectivity index (χ1n) is 5.99. The van der Waals surface area contributed by atoms with Crippen LogP contribution < -0.4 is 15.8 Å². The van der Waals surface area contributed by atoms with Gasteiger partial charge in [-0.1, -0.05) is 0 Å². The first-order valence-corrected chi connectivity index (χ1v) is 7.47. The third kappa shape index (κ3) is 4.53. The number of nitrogen functional groups attached to an aromatic ring is 1.